The van der Waals surface area contributed by atoms with Gasteiger partial charge in [0.05, 0.1) is 0 Å². The molecule has 1 aromatic carbocycles. The Morgan fingerprint density at radius 3 is 2.38 bits per heavy atom. The van der Waals surface area contributed by atoms with Crippen molar-refractivity contribution in [1.82, 2.24) is 0 Å². The van der Waals surface area contributed by atoms with Crippen LogP contribution in [0.2, 0.25) is 0 Å². The van der Waals surface area contributed by atoms with Crippen LogP contribution in [0.5, 0.6) is 0 Å². The molecule has 2 aliphatic rings. The average molecular weight is 214 g/mol. The van der Waals surface area contributed by atoms with Crippen molar-refractivity contribution in [2.24, 2.45) is 0 Å². The summed E-state index contributed by atoms with van der Waals surface area (Å²) in [7, 11) is 0. The molecular weight excluding hydrogens is 196 g/mol. The molecule has 1 heteroatoms. The van der Waals surface area contributed by atoms with E-state index in [1.807, 2.05) is 0 Å². The first-order valence-corrected chi connectivity index (χ1v) is 6.28. The normalized spacial score (nSPS) is 21.8. The molecule has 0 amide bonds. The molecule has 0 aromatic heterocycles. The number of benzene rings is 1. The Kier molecular flexibility index (Phi) is 2.01. The first-order chi connectivity index (χ1) is 7.64. The first-order valence-electron chi connectivity index (χ1n) is 6.28. The number of hydrogen-bond donors (Lipinski definition) is 0. The number of fused-ring (bicyclic) bond motifs is 2. The van der Waals surface area contributed by atoms with E-state index in [1.54, 1.807) is 0 Å². The Bertz CT molecular complexity index is 465. The van der Waals surface area contributed by atoms with Gasteiger partial charge < -0.3 is 0 Å². The van der Waals surface area contributed by atoms with Crippen LogP contribution in [0.25, 0.3) is 0 Å². The lowest BCUT2D eigenvalue weighted by molar-refractivity contribution is 0.0973. The van der Waals surface area contributed by atoms with E-state index in [-0.39, 0.29) is 5.41 Å². The maximum Gasteiger partial charge on any atom is 0.164 e. The van der Waals surface area contributed by atoms with Gasteiger partial charge in [0.2, 0.25) is 0 Å². The van der Waals surface area contributed by atoms with Crippen LogP contribution in [0.15, 0.2) is 12.1 Å². The second kappa shape index (κ2) is 3.19. The predicted molar refractivity (Wildman–Crippen MR) is 65.0 cm³/mol. The molecule has 1 spiro atoms. The molecule has 0 N–H and O–H groups in total. The van der Waals surface area contributed by atoms with Crippen molar-refractivity contribution in [3.8, 4) is 0 Å². The van der Waals surface area contributed by atoms with Crippen molar-refractivity contribution in [1.29, 1.82) is 0 Å². The zero-order chi connectivity index (χ0) is 11.3. The highest BCUT2D eigenvalue weighted by Gasteiger charge is 2.46. The number of rotatable bonds is 0. The van der Waals surface area contributed by atoms with Gasteiger partial charge in [-0.15, -0.1) is 0 Å². The molecule has 16 heavy (non-hydrogen) atoms. The summed E-state index contributed by atoms with van der Waals surface area (Å²) in [6.07, 6.45) is 5.79. The summed E-state index contributed by atoms with van der Waals surface area (Å²) < 4.78 is 0. The zero-order valence-electron chi connectivity index (χ0n) is 10.1. The SMILES string of the molecule is Cc1ccc(C)c2c1C(=O)CC21CCCC1. The summed E-state index contributed by atoms with van der Waals surface area (Å²) in [5, 5.41) is 0. The van der Waals surface area contributed by atoms with Crippen molar-refractivity contribution in [3.05, 3.63) is 34.4 Å². The molecule has 84 valence electrons. The molecule has 0 bridgehead atoms. The number of hydrogen-bond acceptors (Lipinski definition) is 1. The summed E-state index contributed by atoms with van der Waals surface area (Å²) >= 11 is 0. The van der Waals surface area contributed by atoms with E-state index in [2.05, 4.69) is 26.0 Å². The summed E-state index contributed by atoms with van der Waals surface area (Å²) in [6.45, 7) is 4.24. The van der Waals surface area contributed by atoms with Gasteiger partial charge in [-0.2, -0.15) is 0 Å². The minimum absolute atomic E-state index is 0.225. The fourth-order valence-electron chi connectivity index (χ4n) is 3.82. The number of carbonyl (C=O) groups is 1. The Morgan fingerprint density at radius 2 is 1.69 bits per heavy atom. The molecular formula is C15H18O. The van der Waals surface area contributed by atoms with Gasteiger partial charge >= 0.3 is 0 Å². The van der Waals surface area contributed by atoms with Gasteiger partial charge in [-0.05, 0) is 43.4 Å². The first kappa shape index (κ1) is 10.1. The smallest absolute Gasteiger partial charge is 0.164 e. The Labute approximate surface area is 96.9 Å². The molecule has 0 saturated heterocycles. The van der Waals surface area contributed by atoms with Crippen LogP contribution < -0.4 is 0 Å². The van der Waals surface area contributed by atoms with Crippen molar-refractivity contribution in [2.75, 3.05) is 0 Å². The Morgan fingerprint density at radius 1 is 1.06 bits per heavy atom. The molecule has 0 aliphatic heterocycles. The molecule has 0 heterocycles. The van der Waals surface area contributed by atoms with Crippen LogP contribution in [0.1, 0.15) is 59.2 Å². The number of aryl methyl sites for hydroxylation is 2. The summed E-state index contributed by atoms with van der Waals surface area (Å²) in [6, 6.07) is 4.28. The maximum atomic E-state index is 12.2. The van der Waals surface area contributed by atoms with Crippen LogP contribution in [-0.2, 0) is 5.41 Å². The summed E-state index contributed by atoms with van der Waals surface area (Å²) in [5.74, 6) is 0.387. The minimum Gasteiger partial charge on any atom is -0.294 e. The second-order valence-electron chi connectivity index (χ2n) is 5.54. The molecule has 0 atom stereocenters. The second-order valence-corrected chi connectivity index (χ2v) is 5.54. The third-order valence-corrected chi connectivity index (χ3v) is 4.49. The van der Waals surface area contributed by atoms with Gasteiger partial charge in [0.1, 0.15) is 0 Å². The van der Waals surface area contributed by atoms with Gasteiger partial charge in [-0.1, -0.05) is 25.0 Å². The lowest BCUT2D eigenvalue weighted by Gasteiger charge is -2.25. The van der Waals surface area contributed by atoms with Crippen LogP contribution in [0, 0.1) is 13.8 Å². The fraction of sp³-hybridized carbons (Fsp3) is 0.533. The maximum absolute atomic E-state index is 12.2. The Hall–Kier alpha value is -1.11. The van der Waals surface area contributed by atoms with E-state index in [0.717, 1.165) is 12.0 Å². The monoisotopic (exact) mass is 214 g/mol. The van der Waals surface area contributed by atoms with E-state index in [0.29, 0.717) is 5.78 Å². The van der Waals surface area contributed by atoms with Crippen LogP contribution in [-0.4, -0.2) is 5.78 Å². The largest absolute Gasteiger partial charge is 0.294 e. The quantitative estimate of drug-likeness (QED) is 0.643. The van der Waals surface area contributed by atoms with E-state index < -0.39 is 0 Å². The van der Waals surface area contributed by atoms with Gasteiger partial charge in [-0.25, -0.2) is 0 Å². The van der Waals surface area contributed by atoms with Crippen LogP contribution in [0.4, 0.5) is 0 Å². The van der Waals surface area contributed by atoms with Crippen LogP contribution in [0.3, 0.4) is 0 Å². The van der Waals surface area contributed by atoms with E-state index in [4.69, 9.17) is 0 Å². The van der Waals surface area contributed by atoms with Crippen molar-refractivity contribution >= 4 is 5.78 Å². The molecule has 1 saturated carbocycles. The third kappa shape index (κ3) is 1.15. The van der Waals surface area contributed by atoms with E-state index in [9.17, 15) is 4.79 Å². The zero-order valence-corrected chi connectivity index (χ0v) is 10.1. The topological polar surface area (TPSA) is 17.1 Å². The van der Waals surface area contributed by atoms with Gasteiger partial charge in [0, 0.05) is 17.4 Å². The molecule has 1 aromatic rings. The molecule has 2 aliphatic carbocycles. The highest BCUT2D eigenvalue weighted by molar-refractivity contribution is 6.04. The van der Waals surface area contributed by atoms with E-state index in [1.165, 1.54) is 42.4 Å². The van der Waals surface area contributed by atoms with Crippen molar-refractivity contribution in [3.63, 3.8) is 0 Å². The van der Waals surface area contributed by atoms with Gasteiger partial charge in [0.25, 0.3) is 0 Å². The summed E-state index contributed by atoms with van der Waals surface area (Å²) in [4.78, 5) is 12.2. The van der Waals surface area contributed by atoms with E-state index >= 15 is 0 Å². The molecule has 1 fully saturated rings. The van der Waals surface area contributed by atoms with Crippen molar-refractivity contribution in [2.45, 2.75) is 51.4 Å². The lowest BCUT2D eigenvalue weighted by Crippen LogP contribution is -2.19. The summed E-state index contributed by atoms with van der Waals surface area (Å²) in [5.41, 5.74) is 5.18. The molecule has 0 radical (unpaired) electrons. The lowest BCUT2D eigenvalue weighted by atomic mass is 9.78. The molecule has 0 unspecified atom stereocenters. The number of Topliss-reactive ketones (excluding diaryl/α,β-unsaturated/α-hetero) is 1. The average Bonchev–Trinajstić information content (AvgIpc) is 2.80. The highest BCUT2D eigenvalue weighted by atomic mass is 16.1. The number of carbonyl (C=O) groups excluding carboxylic acids is 1. The van der Waals surface area contributed by atoms with Gasteiger partial charge in [0.15, 0.2) is 5.78 Å². The highest BCUT2D eigenvalue weighted by Crippen LogP contribution is 2.51. The molecule has 3 rings (SSSR count). The third-order valence-electron chi connectivity index (χ3n) is 4.49. The fourth-order valence-corrected chi connectivity index (χ4v) is 3.82. The van der Waals surface area contributed by atoms with Crippen molar-refractivity contribution < 1.29 is 4.79 Å². The molecule has 1 nitrogen and oxygen atoms in total. The predicted octanol–water partition coefficient (Wildman–Crippen LogP) is 3.70. The van der Waals surface area contributed by atoms with Gasteiger partial charge in [-0.3, -0.25) is 4.79 Å². The van der Waals surface area contributed by atoms with Crippen LogP contribution >= 0.6 is 0 Å². The Balaban J connectivity index is 2.28. The minimum atomic E-state index is 0.225. The number of ketones is 1. The standard InChI is InChI=1S/C15H18O/c1-10-5-6-11(2)14-13(10)12(16)9-15(14)7-3-4-8-15/h5-6H,3-4,7-9H2,1-2H3.